The molecule has 176 valence electrons. The molecule has 2 amide bonds. The predicted octanol–water partition coefficient (Wildman–Crippen LogP) is 3.35. The Morgan fingerprint density at radius 1 is 1.24 bits per heavy atom. The molecule has 34 heavy (non-hydrogen) atoms. The van der Waals surface area contributed by atoms with Crippen molar-refractivity contribution in [2.75, 3.05) is 6.54 Å². The van der Waals surface area contributed by atoms with Crippen molar-refractivity contribution in [1.29, 1.82) is 0 Å². The van der Waals surface area contributed by atoms with Gasteiger partial charge in [0.2, 0.25) is 5.91 Å². The van der Waals surface area contributed by atoms with E-state index in [0.29, 0.717) is 31.7 Å². The van der Waals surface area contributed by atoms with Gasteiger partial charge in [-0.25, -0.2) is 4.39 Å². The van der Waals surface area contributed by atoms with Crippen LogP contribution in [0.5, 0.6) is 0 Å². The summed E-state index contributed by atoms with van der Waals surface area (Å²) in [6.07, 6.45) is 6.47. The van der Waals surface area contributed by atoms with Crippen molar-refractivity contribution in [3.63, 3.8) is 0 Å². The molecule has 1 aromatic carbocycles. The molecule has 0 unspecified atom stereocenters. The molecule has 0 bridgehead atoms. The first-order chi connectivity index (χ1) is 16.4. The van der Waals surface area contributed by atoms with E-state index in [1.807, 2.05) is 26.1 Å². The number of rotatable bonds is 6. The number of hydrogen-bond acceptors (Lipinski definition) is 4. The number of hydrogen-bond donors (Lipinski definition) is 1. The van der Waals surface area contributed by atoms with E-state index in [9.17, 15) is 14.0 Å². The number of aryl methyl sites for hydroxylation is 3. The highest BCUT2D eigenvalue weighted by atomic mass is 19.1. The summed E-state index contributed by atoms with van der Waals surface area (Å²) >= 11 is 0. The van der Waals surface area contributed by atoms with E-state index in [2.05, 4.69) is 15.4 Å². The zero-order valence-corrected chi connectivity index (χ0v) is 19.6. The maximum atomic E-state index is 13.1. The molecular formula is C26H28FN5O2. The number of pyridine rings is 1. The minimum Gasteiger partial charge on any atom is -0.347 e. The lowest BCUT2D eigenvalue weighted by Gasteiger charge is -2.30. The summed E-state index contributed by atoms with van der Waals surface area (Å²) in [4.78, 5) is 31.7. The Bertz CT molecular complexity index is 1250. The molecule has 0 fully saturated rings. The maximum absolute atomic E-state index is 13.1. The molecule has 3 aromatic rings. The van der Waals surface area contributed by atoms with Crippen molar-refractivity contribution in [2.24, 2.45) is 7.05 Å². The quantitative estimate of drug-likeness (QED) is 0.571. The first kappa shape index (κ1) is 23.4. The van der Waals surface area contributed by atoms with Crippen molar-refractivity contribution in [3.05, 3.63) is 87.8 Å². The first-order valence-electron chi connectivity index (χ1n) is 11.4. The zero-order chi connectivity index (χ0) is 24.2. The van der Waals surface area contributed by atoms with Crippen LogP contribution in [0.3, 0.4) is 0 Å². The first-order valence-corrected chi connectivity index (χ1v) is 11.4. The Labute approximate surface area is 198 Å². The molecule has 7 nitrogen and oxygen atoms in total. The average Bonchev–Trinajstić information content (AvgIpc) is 3.23. The van der Waals surface area contributed by atoms with Crippen molar-refractivity contribution >= 4 is 17.9 Å². The minimum atomic E-state index is -0.308. The van der Waals surface area contributed by atoms with Gasteiger partial charge in [0.25, 0.3) is 5.91 Å². The summed E-state index contributed by atoms with van der Waals surface area (Å²) in [6.45, 7) is 5.33. The number of halogens is 1. The van der Waals surface area contributed by atoms with Crippen molar-refractivity contribution < 1.29 is 14.0 Å². The molecule has 0 aliphatic carbocycles. The van der Waals surface area contributed by atoms with Crippen molar-refractivity contribution in [3.8, 4) is 0 Å². The van der Waals surface area contributed by atoms with Crippen LogP contribution >= 0.6 is 0 Å². The van der Waals surface area contributed by atoms with Gasteiger partial charge in [0, 0.05) is 44.6 Å². The highest BCUT2D eigenvalue weighted by molar-refractivity contribution is 5.93. The Hall–Kier alpha value is -3.81. The van der Waals surface area contributed by atoms with Crippen LogP contribution in [-0.4, -0.2) is 38.0 Å². The van der Waals surface area contributed by atoms with Gasteiger partial charge in [-0.05, 0) is 66.3 Å². The largest absolute Gasteiger partial charge is 0.347 e. The molecule has 2 aromatic heterocycles. The molecule has 1 aliphatic rings. The van der Waals surface area contributed by atoms with Crippen LogP contribution in [0, 0.1) is 12.7 Å². The minimum absolute atomic E-state index is 0.103. The summed E-state index contributed by atoms with van der Waals surface area (Å²) in [5.74, 6) is -0.587. The Morgan fingerprint density at radius 3 is 2.71 bits per heavy atom. The molecule has 0 radical (unpaired) electrons. The Balaban J connectivity index is 1.44. The molecule has 8 heteroatoms. The van der Waals surface area contributed by atoms with E-state index in [1.165, 1.54) is 18.2 Å². The number of carbonyl (C=O) groups excluding carboxylic acids is 2. The maximum Gasteiger partial charge on any atom is 0.269 e. The van der Waals surface area contributed by atoms with Gasteiger partial charge in [0.1, 0.15) is 11.5 Å². The van der Waals surface area contributed by atoms with E-state index in [4.69, 9.17) is 0 Å². The summed E-state index contributed by atoms with van der Waals surface area (Å²) in [5, 5.41) is 7.34. The van der Waals surface area contributed by atoms with Crippen molar-refractivity contribution in [1.82, 2.24) is 25.0 Å². The van der Waals surface area contributed by atoms with Crippen LogP contribution in [0.25, 0.3) is 6.08 Å². The third kappa shape index (κ3) is 5.06. The number of benzene rings is 1. The molecule has 0 spiro atoms. The van der Waals surface area contributed by atoms with E-state index in [0.717, 1.165) is 40.1 Å². The van der Waals surface area contributed by atoms with Gasteiger partial charge in [-0.3, -0.25) is 19.3 Å². The lowest BCUT2D eigenvalue weighted by atomic mass is 9.94. The Kier molecular flexibility index (Phi) is 6.86. The van der Waals surface area contributed by atoms with Crippen LogP contribution in [0.1, 0.15) is 51.1 Å². The third-order valence-corrected chi connectivity index (χ3v) is 6.15. The van der Waals surface area contributed by atoms with E-state index < -0.39 is 0 Å². The predicted molar refractivity (Wildman–Crippen MR) is 127 cm³/mol. The number of fused-ring (bicyclic) bond motifs is 1. The fourth-order valence-electron chi connectivity index (χ4n) is 4.16. The lowest BCUT2D eigenvalue weighted by Crippen LogP contribution is -2.36. The van der Waals surface area contributed by atoms with Gasteiger partial charge in [0.15, 0.2) is 0 Å². The average molecular weight is 462 g/mol. The molecule has 4 rings (SSSR count). The van der Waals surface area contributed by atoms with E-state index >= 15 is 0 Å². The summed E-state index contributed by atoms with van der Waals surface area (Å²) in [7, 11) is 1.77. The summed E-state index contributed by atoms with van der Waals surface area (Å²) in [6, 6.07) is 7.81. The SMILES string of the molecule is CCc1cc(C(=O)NCc2c(C)ncc3c2CCN(C(=O)C=Cc2ccc(F)cc2)C3)n(C)n1. The fourth-order valence-corrected chi connectivity index (χ4v) is 4.16. The fraction of sp³-hybridized carbons (Fsp3) is 0.308. The van der Waals surface area contributed by atoms with E-state index in [-0.39, 0.29) is 17.6 Å². The van der Waals surface area contributed by atoms with Gasteiger partial charge >= 0.3 is 0 Å². The summed E-state index contributed by atoms with van der Waals surface area (Å²) in [5.41, 5.74) is 6.16. The molecule has 1 aliphatic heterocycles. The van der Waals surface area contributed by atoms with Crippen molar-refractivity contribution in [2.45, 2.75) is 39.8 Å². The van der Waals surface area contributed by atoms with Gasteiger partial charge in [0.05, 0.1) is 5.69 Å². The van der Waals surface area contributed by atoms with Crippen LogP contribution in [-0.2, 0) is 37.8 Å². The second kappa shape index (κ2) is 9.99. The number of aromatic nitrogens is 3. The second-order valence-electron chi connectivity index (χ2n) is 8.40. The molecule has 0 saturated carbocycles. The third-order valence-electron chi connectivity index (χ3n) is 6.15. The van der Waals surface area contributed by atoms with Crippen LogP contribution < -0.4 is 5.32 Å². The van der Waals surface area contributed by atoms with Crippen LogP contribution in [0.4, 0.5) is 4.39 Å². The van der Waals surface area contributed by atoms with Gasteiger partial charge in [-0.15, -0.1) is 0 Å². The van der Waals surface area contributed by atoms with Crippen LogP contribution in [0.15, 0.2) is 42.6 Å². The number of nitrogens with zero attached hydrogens (tertiary/aromatic N) is 4. The molecule has 1 N–H and O–H groups in total. The standard InChI is InChI=1S/C26H28FN5O2/c1-4-21-13-24(31(3)30-21)26(34)29-15-23-17(2)28-14-19-16-32(12-11-22(19)23)25(33)10-7-18-5-8-20(27)9-6-18/h5-10,13-14H,4,11-12,15-16H2,1-3H3,(H,29,34). The highest BCUT2D eigenvalue weighted by Gasteiger charge is 2.23. The smallest absolute Gasteiger partial charge is 0.269 e. The number of carbonyl (C=O) groups is 2. The highest BCUT2D eigenvalue weighted by Crippen LogP contribution is 2.24. The molecular weight excluding hydrogens is 433 g/mol. The molecule has 3 heterocycles. The molecule has 0 saturated heterocycles. The normalized spacial score (nSPS) is 13.2. The molecule has 0 atom stereocenters. The lowest BCUT2D eigenvalue weighted by molar-refractivity contribution is -0.126. The number of nitrogens with one attached hydrogen (secondary N) is 1. The Morgan fingerprint density at radius 2 is 2.00 bits per heavy atom. The van der Waals surface area contributed by atoms with Crippen LogP contribution in [0.2, 0.25) is 0 Å². The number of amides is 2. The van der Waals surface area contributed by atoms with E-state index in [1.54, 1.807) is 34.8 Å². The monoisotopic (exact) mass is 461 g/mol. The summed E-state index contributed by atoms with van der Waals surface area (Å²) < 4.78 is 14.7. The topological polar surface area (TPSA) is 80.1 Å². The second-order valence-corrected chi connectivity index (χ2v) is 8.40. The van der Waals surface area contributed by atoms with Gasteiger partial charge in [-0.1, -0.05) is 19.1 Å². The van der Waals surface area contributed by atoms with Gasteiger partial charge < -0.3 is 10.2 Å². The zero-order valence-electron chi connectivity index (χ0n) is 19.6. The van der Waals surface area contributed by atoms with Gasteiger partial charge in [-0.2, -0.15) is 5.10 Å².